The predicted molar refractivity (Wildman–Crippen MR) is 76.3 cm³/mol. The largest absolute Gasteiger partial charge is 0.376 e. The van der Waals surface area contributed by atoms with E-state index in [1.165, 1.54) is 12.1 Å². The Kier molecular flexibility index (Phi) is 4.34. The van der Waals surface area contributed by atoms with Crippen LogP contribution in [0.2, 0.25) is 0 Å². The quantitative estimate of drug-likeness (QED) is 0.895. The van der Waals surface area contributed by atoms with Crippen LogP contribution >= 0.6 is 15.9 Å². The Balaban J connectivity index is 2.11. The van der Waals surface area contributed by atoms with Crippen LogP contribution in [0.1, 0.15) is 15.9 Å². The molecule has 0 aliphatic carbocycles. The van der Waals surface area contributed by atoms with E-state index in [1.807, 2.05) is 0 Å². The number of hydrogen-bond donors (Lipinski definition) is 2. The molecule has 0 saturated heterocycles. The first kappa shape index (κ1) is 14.5. The molecule has 0 atom stereocenters. The number of amides is 1. The van der Waals surface area contributed by atoms with E-state index in [2.05, 4.69) is 21.2 Å². The molecule has 2 aromatic carbocycles. The molecular weight excluding hydrogens is 330 g/mol. The topological polar surface area (TPSA) is 55.1 Å². The van der Waals surface area contributed by atoms with E-state index in [0.717, 1.165) is 5.56 Å². The molecule has 0 spiro atoms. The number of rotatable bonds is 4. The van der Waals surface area contributed by atoms with Crippen molar-refractivity contribution < 1.29 is 13.6 Å². The van der Waals surface area contributed by atoms with Gasteiger partial charge in [0.2, 0.25) is 5.91 Å². The Morgan fingerprint density at radius 1 is 1.15 bits per heavy atom. The van der Waals surface area contributed by atoms with Gasteiger partial charge in [-0.1, -0.05) is 28.1 Å². The first-order valence-electron chi connectivity index (χ1n) is 5.74. The molecule has 2 aromatic rings. The van der Waals surface area contributed by atoms with E-state index in [0.29, 0.717) is 10.0 Å². The number of nitrogens with one attached hydrogen (secondary N) is 1. The molecule has 20 heavy (non-hydrogen) atoms. The van der Waals surface area contributed by atoms with Crippen molar-refractivity contribution in [1.29, 1.82) is 0 Å². The van der Waals surface area contributed by atoms with Crippen LogP contribution in [0.15, 0.2) is 40.9 Å². The van der Waals surface area contributed by atoms with Crippen LogP contribution in [-0.4, -0.2) is 5.91 Å². The van der Waals surface area contributed by atoms with Gasteiger partial charge >= 0.3 is 0 Å². The summed E-state index contributed by atoms with van der Waals surface area (Å²) < 4.78 is 27.5. The zero-order chi connectivity index (χ0) is 14.7. The molecule has 1 amide bonds. The minimum absolute atomic E-state index is 0.188. The Morgan fingerprint density at radius 3 is 2.20 bits per heavy atom. The van der Waals surface area contributed by atoms with Crippen LogP contribution in [0.4, 0.5) is 14.5 Å². The number of nitrogens with two attached hydrogens (primary N) is 1. The van der Waals surface area contributed by atoms with Gasteiger partial charge in [-0.25, -0.2) is 8.78 Å². The lowest BCUT2D eigenvalue weighted by Crippen LogP contribution is -2.11. The third-order valence-electron chi connectivity index (χ3n) is 2.71. The van der Waals surface area contributed by atoms with Crippen LogP contribution < -0.4 is 11.1 Å². The standard InChI is InChI=1S/C14H11BrF2N2O/c15-10-5-11(16)13(12(17)6-10)19-7-8-1-3-9(4-2-8)14(18)20/h1-6,19H,7H2,(H2,18,20). The van der Waals surface area contributed by atoms with Gasteiger partial charge in [0.25, 0.3) is 0 Å². The molecule has 6 heteroatoms. The van der Waals surface area contributed by atoms with Crippen molar-refractivity contribution in [2.24, 2.45) is 5.73 Å². The summed E-state index contributed by atoms with van der Waals surface area (Å²) in [6, 6.07) is 8.83. The van der Waals surface area contributed by atoms with Gasteiger partial charge in [0.05, 0.1) is 0 Å². The SMILES string of the molecule is NC(=O)c1ccc(CNc2c(F)cc(Br)cc2F)cc1. The van der Waals surface area contributed by atoms with E-state index >= 15 is 0 Å². The van der Waals surface area contributed by atoms with Gasteiger partial charge in [-0.3, -0.25) is 4.79 Å². The number of carbonyl (C=O) groups is 1. The number of carbonyl (C=O) groups excluding carboxylic acids is 1. The molecule has 0 unspecified atom stereocenters. The minimum atomic E-state index is -0.675. The van der Waals surface area contributed by atoms with Gasteiger partial charge in [0.1, 0.15) is 17.3 Å². The smallest absolute Gasteiger partial charge is 0.248 e. The maximum atomic E-state index is 13.6. The van der Waals surface area contributed by atoms with Gasteiger partial charge in [-0.15, -0.1) is 0 Å². The summed E-state index contributed by atoms with van der Waals surface area (Å²) in [4.78, 5) is 10.9. The van der Waals surface area contributed by atoms with Gasteiger partial charge < -0.3 is 11.1 Å². The fraction of sp³-hybridized carbons (Fsp3) is 0.0714. The van der Waals surface area contributed by atoms with Gasteiger partial charge in [-0.2, -0.15) is 0 Å². The van der Waals surface area contributed by atoms with Gasteiger partial charge in [0.15, 0.2) is 0 Å². The summed E-state index contributed by atoms with van der Waals surface area (Å²) in [5, 5.41) is 2.69. The third kappa shape index (κ3) is 3.33. The van der Waals surface area contributed by atoms with E-state index in [-0.39, 0.29) is 12.2 Å². The summed E-state index contributed by atoms with van der Waals surface area (Å²) in [6.07, 6.45) is 0. The van der Waals surface area contributed by atoms with E-state index < -0.39 is 17.5 Å². The van der Waals surface area contributed by atoms with Crippen molar-refractivity contribution in [2.45, 2.75) is 6.54 Å². The monoisotopic (exact) mass is 340 g/mol. The molecule has 0 aromatic heterocycles. The van der Waals surface area contributed by atoms with E-state index in [1.54, 1.807) is 24.3 Å². The molecule has 0 fully saturated rings. The summed E-state index contributed by atoms with van der Waals surface area (Å²) in [5.74, 6) is -1.87. The Bertz CT molecular complexity index is 621. The average Bonchev–Trinajstić information content (AvgIpc) is 2.38. The summed E-state index contributed by atoms with van der Waals surface area (Å²) in [6.45, 7) is 0.231. The fourth-order valence-electron chi connectivity index (χ4n) is 1.69. The number of halogens is 3. The third-order valence-corrected chi connectivity index (χ3v) is 3.17. The molecule has 0 aliphatic heterocycles. The highest BCUT2D eigenvalue weighted by molar-refractivity contribution is 9.10. The molecule has 0 heterocycles. The molecule has 0 bridgehead atoms. The Labute approximate surface area is 122 Å². The molecule has 2 rings (SSSR count). The number of anilines is 1. The molecular formula is C14H11BrF2N2O. The van der Waals surface area contributed by atoms with Crippen molar-refractivity contribution in [3.8, 4) is 0 Å². The number of primary amides is 1. The zero-order valence-electron chi connectivity index (χ0n) is 10.3. The normalized spacial score (nSPS) is 10.3. The van der Waals surface area contributed by atoms with Gasteiger partial charge in [0, 0.05) is 16.6 Å². The van der Waals surface area contributed by atoms with Crippen LogP contribution in [0, 0.1) is 11.6 Å². The summed E-state index contributed by atoms with van der Waals surface area (Å²) in [7, 11) is 0. The zero-order valence-corrected chi connectivity index (χ0v) is 11.9. The highest BCUT2D eigenvalue weighted by Crippen LogP contribution is 2.24. The number of hydrogen-bond acceptors (Lipinski definition) is 2. The summed E-state index contributed by atoms with van der Waals surface area (Å²) >= 11 is 3.01. The van der Waals surface area contributed by atoms with Crippen LogP contribution in [0.5, 0.6) is 0 Å². The molecule has 3 N–H and O–H groups in total. The van der Waals surface area contributed by atoms with Crippen molar-refractivity contribution >= 4 is 27.5 Å². The highest BCUT2D eigenvalue weighted by atomic mass is 79.9. The second kappa shape index (κ2) is 6.00. The Hall–Kier alpha value is -1.95. The maximum Gasteiger partial charge on any atom is 0.248 e. The highest BCUT2D eigenvalue weighted by Gasteiger charge is 2.10. The predicted octanol–water partition coefficient (Wildman–Crippen LogP) is 3.44. The van der Waals surface area contributed by atoms with Crippen LogP contribution in [0.3, 0.4) is 0 Å². The summed E-state index contributed by atoms with van der Waals surface area (Å²) in [5.41, 5.74) is 6.10. The lowest BCUT2D eigenvalue weighted by molar-refractivity contribution is 0.100. The van der Waals surface area contributed by atoms with Crippen LogP contribution in [0.25, 0.3) is 0 Å². The average molecular weight is 341 g/mol. The van der Waals surface area contributed by atoms with Crippen molar-refractivity contribution in [3.63, 3.8) is 0 Å². The molecule has 0 radical (unpaired) electrons. The van der Waals surface area contributed by atoms with E-state index in [4.69, 9.17) is 5.73 Å². The molecule has 104 valence electrons. The lowest BCUT2D eigenvalue weighted by atomic mass is 10.1. The lowest BCUT2D eigenvalue weighted by Gasteiger charge is -2.09. The first-order valence-corrected chi connectivity index (χ1v) is 6.54. The fourth-order valence-corrected chi connectivity index (χ4v) is 2.09. The number of benzene rings is 2. The first-order chi connectivity index (χ1) is 9.47. The maximum absolute atomic E-state index is 13.6. The molecule has 3 nitrogen and oxygen atoms in total. The Morgan fingerprint density at radius 2 is 1.70 bits per heavy atom. The minimum Gasteiger partial charge on any atom is -0.376 e. The van der Waals surface area contributed by atoms with Gasteiger partial charge in [-0.05, 0) is 29.8 Å². The van der Waals surface area contributed by atoms with Crippen LogP contribution in [-0.2, 0) is 6.54 Å². The van der Waals surface area contributed by atoms with Crippen molar-refractivity contribution in [1.82, 2.24) is 0 Å². The molecule has 0 aliphatic rings. The second-order valence-electron chi connectivity index (χ2n) is 4.16. The van der Waals surface area contributed by atoms with Crippen molar-refractivity contribution in [2.75, 3.05) is 5.32 Å². The van der Waals surface area contributed by atoms with Crippen molar-refractivity contribution in [3.05, 3.63) is 63.6 Å². The second-order valence-corrected chi connectivity index (χ2v) is 5.07. The molecule has 0 saturated carbocycles. The van der Waals surface area contributed by atoms with E-state index in [9.17, 15) is 13.6 Å².